The number of nitrogens with zero attached hydrogens (tertiary/aromatic N) is 4. The van der Waals surface area contributed by atoms with Crippen LogP contribution in [-0.2, 0) is 17.6 Å². The molecule has 7 heteroatoms. The van der Waals surface area contributed by atoms with E-state index in [1.165, 1.54) is 26.1 Å². The van der Waals surface area contributed by atoms with E-state index in [1.54, 1.807) is 28.8 Å². The predicted molar refractivity (Wildman–Crippen MR) is 131 cm³/mol. The van der Waals surface area contributed by atoms with Gasteiger partial charge in [-0.1, -0.05) is 51.5 Å². The van der Waals surface area contributed by atoms with Crippen LogP contribution in [0.4, 0.5) is 4.39 Å². The molecule has 2 aromatic heterocycles. The molecule has 3 aromatic rings. The van der Waals surface area contributed by atoms with Crippen LogP contribution in [0, 0.1) is 11.2 Å². The van der Waals surface area contributed by atoms with Gasteiger partial charge in [-0.25, -0.2) is 9.37 Å². The fourth-order valence-electron chi connectivity index (χ4n) is 3.84. The number of hydrogen-bond acceptors (Lipinski definition) is 4. The first kappa shape index (κ1) is 25.3. The summed E-state index contributed by atoms with van der Waals surface area (Å²) in [6, 6.07) is 10.4. The Hall–Kier alpha value is -3.35. The van der Waals surface area contributed by atoms with Crippen molar-refractivity contribution in [2.45, 2.75) is 59.9 Å². The molecule has 3 rings (SSSR count). The molecule has 0 saturated heterocycles. The number of imidazole rings is 1. The molecule has 1 atom stereocenters. The Labute approximate surface area is 200 Å². The van der Waals surface area contributed by atoms with E-state index in [4.69, 9.17) is 4.98 Å². The van der Waals surface area contributed by atoms with E-state index in [1.807, 2.05) is 24.3 Å². The Morgan fingerprint density at radius 2 is 1.79 bits per heavy atom. The van der Waals surface area contributed by atoms with Gasteiger partial charge in [0, 0.05) is 39.1 Å². The molecule has 0 fully saturated rings. The summed E-state index contributed by atoms with van der Waals surface area (Å²) < 4.78 is 14.8. The maximum atomic E-state index is 13.2. The van der Waals surface area contributed by atoms with Crippen molar-refractivity contribution in [1.29, 1.82) is 0 Å². The number of carbonyl (C=O) groups excluding carboxylic acids is 2. The van der Waals surface area contributed by atoms with Crippen LogP contribution in [0.25, 0.3) is 11.3 Å². The summed E-state index contributed by atoms with van der Waals surface area (Å²) in [6.07, 6.45) is 5.22. The van der Waals surface area contributed by atoms with Gasteiger partial charge in [-0.15, -0.1) is 0 Å². The molecule has 0 bridgehead atoms. The lowest BCUT2D eigenvalue weighted by Crippen LogP contribution is -2.33. The molecule has 180 valence electrons. The molecule has 0 radical (unpaired) electrons. The Kier molecular flexibility index (Phi) is 7.64. The van der Waals surface area contributed by atoms with E-state index < -0.39 is 6.04 Å². The van der Waals surface area contributed by atoms with Crippen LogP contribution in [0.5, 0.6) is 0 Å². The van der Waals surface area contributed by atoms with Crippen LogP contribution in [0.1, 0.15) is 69.0 Å². The number of likely N-dealkylation sites (N-methyl/N-ethyl adjacent to an activating group) is 1. The Morgan fingerprint density at radius 1 is 1.12 bits per heavy atom. The van der Waals surface area contributed by atoms with Gasteiger partial charge in [0.05, 0.1) is 23.6 Å². The Bertz CT molecular complexity index is 1150. The van der Waals surface area contributed by atoms with Crippen molar-refractivity contribution in [3.8, 4) is 11.3 Å². The molecule has 0 aliphatic heterocycles. The zero-order valence-electron chi connectivity index (χ0n) is 20.8. The molecule has 1 unspecified atom stereocenters. The zero-order valence-corrected chi connectivity index (χ0v) is 20.8. The number of hydrogen-bond donors (Lipinski definition) is 0. The largest absolute Gasteiger partial charge is 0.335 e. The van der Waals surface area contributed by atoms with E-state index in [0.29, 0.717) is 17.9 Å². The van der Waals surface area contributed by atoms with E-state index in [2.05, 4.69) is 25.8 Å². The Morgan fingerprint density at radius 3 is 2.32 bits per heavy atom. The quantitative estimate of drug-likeness (QED) is 0.442. The summed E-state index contributed by atoms with van der Waals surface area (Å²) in [5.41, 5.74) is 3.43. The summed E-state index contributed by atoms with van der Waals surface area (Å²) in [5, 5.41) is 0. The third kappa shape index (κ3) is 5.95. The van der Waals surface area contributed by atoms with E-state index in [9.17, 15) is 14.0 Å². The van der Waals surface area contributed by atoms with E-state index in [0.717, 1.165) is 29.7 Å². The minimum Gasteiger partial charge on any atom is -0.335 e. The second-order valence-electron chi connectivity index (χ2n) is 9.58. The van der Waals surface area contributed by atoms with Gasteiger partial charge in [0.2, 0.25) is 11.8 Å². The van der Waals surface area contributed by atoms with Crippen LogP contribution >= 0.6 is 0 Å². The zero-order chi connectivity index (χ0) is 25.0. The standard InChI is InChI=1S/C27H33FN4O2/c1-7-27(4,5)15-23-17-32(19(3)34)26(30-23)25(31(6)18(2)33)14-20-8-10-21(11-9-20)24-13-12-22(28)16-29-24/h8-13,16-17,25H,7,14-15H2,1-6H3. The molecule has 0 spiro atoms. The van der Waals surface area contributed by atoms with Gasteiger partial charge in [-0.2, -0.15) is 0 Å². The van der Waals surface area contributed by atoms with E-state index >= 15 is 0 Å². The van der Waals surface area contributed by atoms with Crippen LogP contribution in [0.2, 0.25) is 0 Å². The van der Waals surface area contributed by atoms with Gasteiger partial charge in [0.1, 0.15) is 11.6 Å². The molecule has 34 heavy (non-hydrogen) atoms. The lowest BCUT2D eigenvalue weighted by molar-refractivity contribution is -0.129. The lowest BCUT2D eigenvalue weighted by Gasteiger charge is -2.27. The highest BCUT2D eigenvalue weighted by Crippen LogP contribution is 2.29. The van der Waals surface area contributed by atoms with Crippen molar-refractivity contribution in [3.63, 3.8) is 0 Å². The first-order chi connectivity index (χ1) is 16.0. The van der Waals surface area contributed by atoms with Crippen molar-refractivity contribution in [2.75, 3.05) is 7.05 Å². The molecule has 6 nitrogen and oxygen atoms in total. The van der Waals surface area contributed by atoms with E-state index in [-0.39, 0.29) is 23.0 Å². The van der Waals surface area contributed by atoms with Crippen LogP contribution in [0.3, 0.4) is 0 Å². The third-order valence-electron chi connectivity index (χ3n) is 6.41. The minimum atomic E-state index is -0.408. The molecule has 0 aliphatic rings. The van der Waals surface area contributed by atoms with Gasteiger partial charge in [0.25, 0.3) is 0 Å². The summed E-state index contributed by atoms with van der Waals surface area (Å²) >= 11 is 0. The summed E-state index contributed by atoms with van der Waals surface area (Å²) in [5.74, 6) is -0.0528. The van der Waals surface area contributed by atoms with Gasteiger partial charge in [-0.05, 0) is 29.5 Å². The molecular formula is C27H33FN4O2. The second kappa shape index (κ2) is 10.3. The third-order valence-corrected chi connectivity index (χ3v) is 6.41. The fraction of sp³-hybridized carbons (Fsp3) is 0.407. The maximum absolute atomic E-state index is 13.2. The Balaban J connectivity index is 1.95. The second-order valence-corrected chi connectivity index (χ2v) is 9.58. The van der Waals surface area contributed by atoms with Crippen LogP contribution in [-0.4, -0.2) is 38.3 Å². The molecule has 0 N–H and O–H groups in total. The highest BCUT2D eigenvalue weighted by molar-refractivity contribution is 5.77. The number of benzene rings is 1. The average molecular weight is 465 g/mol. The van der Waals surface area contributed by atoms with Gasteiger partial charge in [0.15, 0.2) is 0 Å². The topological polar surface area (TPSA) is 68.1 Å². The highest BCUT2D eigenvalue weighted by atomic mass is 19.1. The first-order valence-electron chi connectivity index (χ1n) is 11.5. The van der Waals surface area contributed by atoms with Gasteiger partial charge in [-0.3, -0.25) is 19.1 Å². The van der Waals surface area contributed by atoms with Crippen molar-refractivity contribution >= 4 is 11.8 Å². The molecule has 2 heterocycles. The van der Waals surface area contributed by atoms with Crippen molar-refractivity contribution in [3.05, 3.63) is 71.7 Å². The van der Waals surface area contributed by atoms with Crippen LogP contribution < -0.4 is 0 Å². The molecule has 1 amide bonds. The molecule has 0 aliphatic carbocycles. The summed E-state index contributed by atoms with van der Waals surface area (Å²) in [4.78, 5) is 35.4. The van der Waals surface area contributed by atoms with Crippen molar-refractivity contribution in [2.24, 2.45) is 5.41 Å². The fourth-order valence-corrected chi connectivity index (χ4v) is 3.84. The number of rotatable bonds is 8. The number of aromatic nitrogens is 3. The highest BCUT2D eigenvalue weighted by Gasteiger charge is 2.28. The smallest absolute Gasteiger partial charge is 0.228 e. The number of carbonyl (C=O) groups is 2. The van der Waals surface area contributed by atoms with Crippen LogP contribution in [0.15, 0.2) is 48.8 Å². The van der Waals surface area contributed by atoms with Crippen molar-refractivity contribution in [1.82, 2.24) is 19.4 Å². The van der Waals surface area contributed by atoms with Gasteiger partial charge < -0.3 is 4.90 Å². The average Bonchev–Trinajstić information content (AvgIpc) is 3.21. The molecule has 1 aromatic carbocycles. The number of amides is 1. The molecule has 0 saturated carbocycles. The normalized spacial score (nSPS) is 12.4. The predicted octanol–water partition coefficient (Wildman–Crippen LogP) is 5.49. The SMILES string of the molecule is CCC(C)(C)Cc1cn(C(C)=O)c(C(Cc2ccc(-c3ccc(F)cn3)cc2)N(C)C(C)=O)n1. The number of halogens is 1. The summed E-state index contributed by atoms with van der Waals surface area (Å²) in [7, 11) is 1.73. The van der Waals surface area contributed by atoms with Gasteiger partial charge >= 0.3 is 0 Å². The molecular weight excluding hydrogens is 431 g/mol. The first-order valence-corrected chi connectivity index (χ1v) is 11.5. The van der Waals surface area contributed by atoms with Crippen molar-refractivity contribution < 1.29 is 14.0 Å². The lowest BCUT2D eigenvalue weighted by atomic mass is 9.85. The minimum absolute atomic E-state index is 0.0550. The maximum Gasteiger partial charge on any atom is 0.228 e. The number of pyridine rings is 1. The summed E-state index contributed by atoms with van der Waals surface area (Å²) in [6.45, 7) is 9.51. The monoisotopic (exact) mass is 464 g/mol.